The molecule has 6 rings (SSSR count). The molecule has 0 bridgehead atoms. The Morgan fingerprint density at radius 2 is 1.64 bits per heavy atom. The minimum Gasteiger partial charge on any atom is -0.332 e. The van der Waals surface area contributed by atoms with Gasteiger partial charge in [0.2, 0.25) is 0 Å². The normalized spacial score (nSPS) is 17.1. The van der Waals surface area contributed by atoms with Gasteiger partial charge >= 0.3 is 0 Å². The van der Waals surface area contributed by atoms with Crippen LogP contribution >= 0.6 is 11.6 Å². The van der Waals surface area contributed by atoms with Crippen molar-refractivity contribution in [3.63, 3.8) is 0 Å². The first-order valence-electron chi connectivity index (χ1n) is 11.0. The van der Waals surface area contributed by atoms with Crippen LogP contribution in [0.25, 0.3) is 22.6 Å². The minimum absolute atomic E-state index is 0.0735. The lowest BCUT2D eigenvalue weighted by Crippen LogP contribution is -2.34. The minimum atomic E-state index is -0.454. The van der Waals surface area contributed by atoms with Gasteiger partial charge < -0.3 is 9.13 Å². The summed E-state index contributed by atoms with van der Waals surface area (Å²) >= 11 is 6.23. The van der Waals surface area contributed by atoms with Crippen molar-refractivity contribution in [2.45, 2.75) is 25.9 Å². The molecule has 3 aromatic carbocycles. The monoisotopic (exact) mass is 451 g/mol. The zero-order valence-electron chi connectivity index (χ0n) is 18.4. The Balaban J connectivity index is 1.68. The molecule has 5 heteroatoms. The van der Waals surface area contributed by atoms with Crippen molar-refractivity contribution in [3.8, 4) is 11.5 Å². The lowest BCUT2D eigenvalue weighted by Gasteiger charge is -2.36. The summed E-state index contributed by atoms with van der Waals surface area (Å²) in [5.74, 6) is 0.946. The van der Waals surface area contributed by atoms with E-state index in [2.05, 4.69) is 35.1 Å². The van der Waals surface area contributed by atoms with Gasteiger partial charge in [-0.3, -0.25) is 4.79 Å². The lowest BCUT2D eigenvalue weighted by atomic mass is 9.90. The van der Waals surface area contributed by atoms with Crippen LogP contribution in [0, 0.1) is 13.8 Å². The summed E-state index contributed by atoms with van der Waals surface area (Å²) in [5.41, 5.74) is 7.04. The van der Waals surface area contributed by atoms with E-state index in [1.807, 2.05) is 72.9 Å². The van der Waals surface area contributed by atoms with Crippen LogP contribution in [0.1, 0.15) is 39.1 Å². The fourth-order valence-corrected chi connectivity index (χ4v) is 5.09. The lowest BCUT2D eigenvalue weighted by molar-refractivity contribution is 0.0895. The number of fused-ring (bicyclic) bond motifs is 5. The fourth-order valence-electron chi connectivity index (χ4n) is 4.97. The molecule has 2 atom stereocenters. The number of aromatic nitrogens is 3. The van der Waals surface area contributed by atoms with Gasteiger partial charge in [0.05, 0.1) is 22.8 Å². The Morgan fingerprint density at radius 1 is 0.909 bits per heavy atom. The molecule has 0 fully saturated rings. The topological polar surface area (TPSA) is 39.8 Å². The van der Waals surface area contributed by atoms with Crippen molar-refractivity contribution < 1.29 is 4.79 Å². The molecule has 0 aliphatic carbocycles. The summed E-state index contributed by atoms with van der Waals surface area (Å²) < 4.78 is 4.32. The molecule has 4 nitrogen and oxygen atoms in total. The number of Topliss-reactive ketones (excluding diaryl/α,β-unsaturated/α-hetero) is 1. The van der Waals surface area contributed by atoms with Crippen LogP contribution in [-0.2, 0) is 0 Å². The van der Waals surface area contributed by atoms with Crippen LogP contribution < -0.4 is 0 Å². The molecule has 0 unspecified atom stereocenters. The Labute approximate surface area is 197 Å². The number of aryl methyl sites for hydroxylation is 2. The van der Waals surface area contributed by atoms with E-state index >= 15 is 0 Å². The molecule has 5 aromatic rings. The second-order valence-electron chi connectivity index (χ2n) is 8.70. The van der Waals surface area contributed by atoms with E-state index in [0.717, 1.165) is 28.1 Å². The highest BCUT2D eigenvalue weighted by atomic mass is 35.5. The van der Waals surface area contributed by atoms with Gasteiger partial charge in [-0.05, 0) is 66.9 Å². The highest BCUT2D eigenvalue weighted by Crippen LogP contribution is 2.45. The summed E-state index contributed by atoms with van der Waals surface area (Å²) in [7, 11) is 0. The van der Waals surface area contributed by atoms with Crippen molar-refractivity contribution in [1.29, 1.82) is 0 Å². The van der Waals surface area contributed by atoms with Gasteiger partial charge in [-0.2, -0.15) is 0 Å². The van der Waals surface area contributed by atoms with Crippen molar-refractivity contribution in [1.82, 2.24) is 14.1 Å². The van der Waals surface area contributed by atoms with Crippen molar-refractivity contribution in [2.75, 3.05) is 0 Å². The molecule has 1 aliphatic rings. The SMILES string of the molecule is Cc1cc2nc3n(c2cc1C)[C@@H](c1ccc(Cl)cc1)[C@H](C(=O)c1ccccc1)n1cccc1-3. The van der Waals surface area contributed by atoms with Gasteiger partial charge in [0.25, 0.3) is 0 Å². The molecule has 0 radical (unpaired) electrons. The van der Waals surface area contributed by atoms with Gasteiger partial charge in [0.15, 0.2) is 11.6 Å². The zero-order chi connectivity index (χ0) is 22.7. The Hall–Kier alpha value is -3.63. The average molecular weight is 452 g/mol. The Kier molecular flexibility index (Phi) is 4.52. The second-order valence-corrected chi connectivity index (χ2v) is 9.14. The van der Waals surface area contributed by atoms with Gasteiger partial charge in [0.1, 0.15) is 6.04 Å². The summed E-state index contributed by atoms with van der Waals surface area (Å²) in [6, 6.07) is 25.0. The Morgan fingerprint density at radius 3 is 2.39 bits per heavy atom. The predicted molar refractivity (Wildman–Crippen MR) is 132 cm³/mol. The van der Waals surface area contributed by atoms with Gasteiger partial charge in [-0.15, -0.1) is 0 Å². The zero-order valence-corrected chi connectivity index (χ0v) is 19.1. The van der Waals surface area contributed by atoms with E-state index in [9.17, 15) is 4.79 Å². The molecule has 1 aliphatic heterocycles. The molecule has 33 heavy (non-hydrogen) atoms. The maximum atomic E-state index is 14.0. The molecule has 2 aromatic heterocycles. The molecule has 162 valence electrons. The second kappa shape index (κ2) is 7.46. The first kappa shape index (κ1) is 20.0. The summed E-state index contributed by atoms with van der Waals surface area (Å²) in [4.78, 5) is 19.1. The quantitative estimate of drug-likeness (QED) is 0.283. The third-order valence-electron chi connectivity index (χ3n) is 6.73. The Bertz CT molecular complexity index is 1510. The number of benzene rings is 3. The van der Waals surface area contributed by atoms with Gasteiger partial charge in [-0.25, -0.2) is 4.98 Å². The number of hydrogen-bond acceptors (Lipinski definition) is 2. The van der Waals surface area contributed by atoms with Crippen LogP contribution in [0.4, 0.5) is 0 Å². The molecule has 0 spiro atoms. The number of carbonyl (C=O) groups excluding carboxylic acids is 1. The molecule has 0 saturated heterocycles. The molecule has 0 saturated carbocycles. The molecule has 0 N–H and O–H groups in total. The summed E-state index contributed by atoms with van der Waals surface area (Å²) in [6.45, 7) is 4.22. The number of nitrogens with zero attached hydrogens (tertiary/aromatic N) is 3. The van der Waals surface area contributed by atoms with E-state index in [0.29, 0.717) is 10.6 Å². The summed E-state index contributed by atoms with van der Waals surface area (Å²) in [5, 5.41) is 0.671. The number of imidazole rings is 1. The van der Waals surface area contributed by atoms with Gasteiger partial charge in [-0.1, -0.05) is 54.1 Å². The van der Waals surface area contributed by atoms with Crippen molar-refractivity contribution >= 4 is 28.4 Å². The maximum absolute atomic E-state index is 14.0. The van der Waals surface area contributed by atoms with Crippen LogP contribution in [0.5, 0.6) is 0 Å². The third-order valence-corrected chi connectivity index (χ3v) is 6.98. The highest BCUT2D eigenvalue weighted by Gasteiger charge is 2.40. The number of halogens is 1. The number of ketones is 1. The largest absolute Gasteiger partial charge is 0.332 e. The standard InChI is InChI=1S/C28H22ClN3O/c1-17-15-22-24(16-18(17)2)32-25(19-10-12-21(29)13-11-19)26(27(33)20-7-4-3-5-8-20)31-14-6-9-23(31)28(32)30-22/h3-16,25-26H,1-2H3/t25-,26+/m0/s1. The van der Waals surface area contributed by atoms with E-state index < -0.39 is 6.04 Å². The average Bonchev–Trinajstić information content (AvgIpc) is 3.44. The van der Waals surface area contributed by atoms with Gasteiger partial charge in [0, 0.05) is 16.8 Å². The molecular weight excluding hydrogens is 430 g/mol. The van der Waals surface area contributed by atoms with Crippen molar-refractivity contribution in [2.24, 2.45) is 0 Å². The van der Waals surface area contributed by atoms with Crippen LogP contribution in [0.15, 0.2) is 85.1 Å². The first-order valence-corrected chi connectivity index (χ1v) is 11.4. The maximum Gasteiger partial charge on any atom is 0.188 e. The highest BCUT2D eigenvalue weighted by molar-refractivity contribution is 6.30. The number of hydrogen-bond donors (Lipinski definition) is 0. The van der Waals surface area contributed by atoms with Crippen molar-refractivity contribution in [3.05, 3.63) is 112 Å². The molecular formula is C28H22ClN3O. The van der Waals surface area contributed by atoms with Crippen LogP contribution in [0.3, 0.4) is 0 Å². The first-order chi connectivity index (χ1) is 16.0. The molecule has 3 heterocycles. The van der Waals surface area contributed by atoms with E-state index in [1.165, 1.54) is 11.1 Å². The smallest absolute Gasteiger partial charge is 0.188 e. The van der Waals surface area contributed by atoms with E-state index in [1.54, 1.807) is 0 Å². The fraction of sp³-hybridized carbons (Fsp3) is 0.143. The van der Waals surface area contributed by atoms with E-state index in [-0.39, 0.29) is 11.8 Å². The molecule has 0 amide bonds. The predicted octanol–water partition coefficient (Wildman–Crippen LogP) is 6.80. The number of rotatable bonds is 3. The van der Waals surface area contributed by atoms with Crippen LogP contribution in [0.2, 0.25) is 5.02 Å². The van der Waals surface area contributed by atoms with Crippen LogP contribution in [-0.4, -0.2) is 19.9 Å². The summed E-state index contributed by atoms with van der Waals surface area (Å²) in [6.07, 6.45) is 1.99. The third kappa shape index (κ3) is 3.05. The van der Waals surface area contributed by atoms with E-state index in [4.69, 9.17) is 16.6 Å². The number of carbonyl (C=O) groups is 1.